The summed E-state index contributed by atoms with van der Waals surface area (Å²) in [6.45, 7) is 0.260. The van der Waals surface area contributed by atoms with E-state index < -0.39 is 0 Å². The number of rotatable bonds is 6. The van der Waals surface area contributed by atoms with Gasteiger partial charge in [0, 0.05) is 33.8 Å². The molecule has 0 saturated carbocycles. The molecule has 0 unspecified atom stereocenters. The van der Waals surface area contributed by atoms with Crippen molar-refractivity contribution in [3.8, 4) is 5.75 Å². The molecule has 8 heteroatoms. The molecule has 6 rings (SSSR count). The predicted octanol–water partition coefficient (Wildman–Crippen LogP) is 6.92. The fourth-order valence-corrected chi connectivity index (χ4v) is 4.55. The van der Waals surface area contributed by atoms with E-state index in [1.807, 2.05) is 91.0 Å². The lowest BCUT2D eigenvalue weighted by atomic mass is 9.93. The third-order valence-corrected chi connectivity index (χ3v) is 6.60. The normalized spacial score (nSPS) is 16.1. The van der Waals surface area contributed by atoms with Crippen LogP contribution in [0.2, 0.25) is 5.02 Å². The van der Waals surface area contributed by atoms with Crippen LogP contribution in [-0.4, -0.2) is 25.9 Å². The Balaban J connectivity index is 1.50. The number of halogens is 1. The van der Waals surface area contributed by atoms with Crippen molar-refractivity contribution >= 4 is 39.9 Å². The van der Waals surface area contributed by atoms with Crippen LogP contribution < -0.4 is 4.74 Å². The lowest BCUT2D eigenvalue weighted by molar-refractivity contribution is 0.276. The smallest absolute Gasteiger partial charge is 0.188 e. The molecule has 0 spiro atoms. The van der Waals surface area contributed by atoms with Gasteiger partial charge < -0.3 is 14.7 Å². The molecule has 1 saturated heterocycles. The first-order valence-corrected chi connectivity index (χ1v) is 12.5. The van der Waals surface area contributed by atoms with E-state index in [0.717, 1.165) is 16.5 Å². The summed E-state index contributed by atoms with van der Waals surface area (Å²) in [6.07, 6.45) is 4.90. The van der Waals surface area contributed by atoms with Crippen molar-refractivity contribution in [2.45, 2.75) is 6.61 Å². The number of ether oxygens (including phenoxy) is 2. The van der Waals surface area contributed by atoms with Crippen LogP contribution in [0.3, 0.4) is 0 Å². The lowest BCUT2D eigenvalue weighted by Crippen LogP contribution is -2.25. The van der Waals surface area contributed by atoms with Gasteiger partial charge in [-0.2, -0.15) is 0 Å². The third-order valence-electron chi connectivity index (χ3n) is 6.23. The van der Waals surface area contributed by atoms with Gasteiger partial charge in [0.25, 0.3) is 0 Å². The van der Waals surface area contributed by atoms with E-state index in [0.29, 0.717) is 44.8 Å². The topological polar surface area (TPSA) is 89.7 Å². The highest BCUT2D eigenvalue weighted by atomic mass is 35.5. The average Bonchev–Trinajstić information content (AvgIpc) is 2.97. The first kappa shape index (κ1) is 24.3. The van der Waals surface area contributed by atoms with Crippen LogP contribution in [0, 0.1) is 0 Å². The van der Waals surface area contributed by atoms with Crippen LogP contribution in [0.5, 0.6) is 5.75 Å². The van der Waals surface area contributed by atoms with Gasteiger partial charge in [-0.3, -0.25) is 4.98 Å². The second-order valence-electron chi connectivity index (χ2n) is 8.63. The first-order valence-electron chi connectivity index (χ1n) is 12.2. The van der Waals surface area contributed by atoms with Crippen molar-refractivity contribution in [3.63, 3.8) is 0 Å². The predicted molar refractivity (Wildman–Crippen MR) is 150 cm³/mol. The second-order valence-corrected chi connectivity index (χ2v) is 9.04. The Kier molecular flexibility index (Phi) is 6.72. The number of para-hydroxylation sites is 2. The minimum Gasteiger partial charge on any atom is -0.488 e. The summed E-state index contributed by atoms with van der Waals surface area (Å²) in [5.41, 5.74) is 4.50. The summed E-state index contributed by atoms with van der Waals surface area (Å²) in [6, 6.07) is 28.4. The van der Waals surface area contributed by atoms with Crippen LogP contribution in [-0.2, 0) is 11.3 Å². The van der Waals surface area contributed by atoms with Gasteiger partial charge in [0.1, 0.15) is 18.7 Å². The zero-order valence-corrected chi connectivity index (χ0v) is 21.3. The number of nitrogens with zero attached hydrogens (tertiary/aromatic N) is 4. The van der Waals surface area contributed by atoms with E-state index in [9.17, 15) is 5.21 Å². The minimum atomic E-state index is 0.260. The maximum Gasteiger partial charge on any atom is 0.188 e. The maximum absolute atomic E-state index is 10.0. The number of hydrogen-bond acceptors (Lipinski definition) is 7. The summed E-state index contributed by atoms with van der Waals surface area (Å²) < 4.78 is 12.5. The molecule has 0 radical (unpaired) electrons. The zero-order valence-electron chi connectivity index (χ0n) is 20.5. The molecule has 190 valence electrons. The summed E-state index contributed by atoms with van der Waals surface area (Å²) in [5.74, 6) is 1.33. The van der Waals surface area contributed by atoms with E-state index in [2.05, 4.69) is 20.1 Å². The molecule has 5 aromatic rings. The minimum absolute atomic E-state index is 0.260. The Morgan fingerprint density at radius 1 is 0.897 bits per heavy atom. The quantitative estimate of drug-likeness (QED) is 0.189. The van der Waals surface area contributed by atoms with Crippen LogP contribution in [0.1, 0.15) is 22.5 Å². The average molecular weight is 533 g/mol. The monoisotopic (exact) mass is 532 g/mol. The molecule has 0 amide bonds. The van der Waals surface area contributed by atoms with E-state index in [4.69, 9.17) is 21.1 Å². The Bertz CT molecular complexity index is 1760. The SMILES string of the molecule is O/N=C1C(=C\c2ccccn2)\OC\1=C(\c1ccccc1OCc1ccccc1Cl)c1ncnc2ccccc12. The molecule has 0 atom stereocenters. The maximum atomic E-state index is 10.0. The Morgan fingerprint density at radius 2 is 1.69 bits per heavy atom. The highest BCUT2D eigenvalue weighted by Crippen LogP contribution is 2.41. The van der Waals surface area contributed by atoms with Gasteiger partial charge in [-0.05, 0) is 30.3 Å². The molecule has 2 aromatic heterocycles. The molecule has 1 N–H and O–H groups in total. The van der Waals surface area contributed by atoms with Gasteiger partial charge in [0.2, 0.25) is 0 Å². The number of oxime groups is 1. The molecular weight excluding hydrogens is 512 g/mol. The highest BCUT2D eigenvalue weighted by Gasteiger charge is 2.35. The molecule has 3 aromatic carbocycles. The molecule has 1 fully saturated rings. The van der Waals surface area contributed by atoms with Crippen molar-refractivity contribution in [1.82, 2.24) is 15.0 Å². The standard InChI is InChI=1S/C31H21ClN4O3/c32-24-13-4-1-9-20(24)18-38-26-15-6-3-12-23(26)28(29-22-11-2-5-14-25(22)34-19-35-29)31-30(36-37)27(39-31)17-21-10-7-8-16-33-21/h1-17,19,37H,18H2/b27-17-,31-28-,36-30+. The number of pyridine rings is 1. The Hall–Kier alpha value is -5.01. The highest BCUT2D eigenvalue weighted by molar-refractivity contribution is 6.31. The fraction of sp³-hybridized carbons (Fsp3) is 0.0323. The Labute approximate surface area is 229 Å². The third kappa shape index (κ3) is 4.83. The van der Waals surface area contributed by atoms with Gasteiger partial charge >= 0.3 is 0 Å². The molecule has 0 aliphatic carbocycles. The fourth-order valence-electron chi connectivity index (χ4n) is 4.36. The van der Waals surface area contributed by atoms with Crippen molar-refractivity contribution in [1.29, 1.82) is 0 Å². The van der Waals surface area contributed by atoms with E-state index in [1.54, 1.807) is 12.3 Å². The largest absolute Gasteiger partial charge is 0.488 e. The van der Waals surface area contributed by atoms with Crippen molar-refractivity contribution in [3.05, 3.63) is 143 Å². The molecule has 39 heavy (non-hydrogen) atoms. The van der Waals surface area contributed by atoms with Crippen LogP contribution in [0.15, 0.2) is 120 Å². The van der Waals surface area contributed by atoms with E-state index >= 15 is 0 Å². The number of hydrogen-bond donors (Lipinski definition) is 1. The van der Waals surface area contributed by atoms with E-state index in [-0.39, 0.29) is 12.3 Å². The van der Waals surface area contributed by atoms with Gasteiger partial charge in [0.05, 0.1) is 22.5 Å². The van der Waals surface area contributed by atoms with Gasteiger partial charge in [-0.15, -0.1) is 0 Å². The second kappa shape index (κ2) is 10.8. The molecule has 1 aliphatic heterocycles. The Morgan fingerprint density at radius 3 is 2.54 bits per heavy atom. The van der Waals surface area contributed by atoms with Crippen molar-refractivity contribution in [2.24, 2.45) is 5.16 Å². The number of benzene rings is 3. The molecule has 0 bridgehead atoms. The van der Waals surface area contributed by atoms with E-state index in [1.165, 1.54) is 6.33 Å². The molecular formula is C31H21ClN4O3. The molecule has 3 heterocycles. The van der Waals surface area contributed by atoms with Gasteiger partial charge in [-0.25, -0.2) is 9.97 Å². The lowest BCUT2D eigenvalue weighted by Gasteiger charge is -2.28. The van der Waals surface area contributed by atoms with Gasteiger partial charge in [-0.1, -0.05) is 77.4 Å². The summed E-state index contributed by atoms with van der Waals surface area (Å²) in [5, 5.41) is 15.1. The number of aromatic nitrogens is 3. The zero-order chi connectivity index (χ0) is 26.6. The summed E-state index contributed by atoms with van der Waals surface area (Å²) in [4.78, 5) is 13.4. The number of fused-ring (bicyclic) bond motifs is 1. The van der Waals surface area contributed by atoms with Crippen LogP contribution in [0.25, 0.3) is 22.6 Å². The van der Waals surface area contributed by atoms with Crippen molar-refractivity contribution in [2.75, 3.05) is 0 Å². The summed E-state index contributed by atoms with van der Waals surface area (Å²) >= 11 is 6.38. The van der Waals surface area contributed by atoms with Crippen molar-refractivity contribution < 1.29 is 14.7 Å². The first-order chi connectivity index (χ1) is 19.2. The summed E-state index contributed by atoms with van der Waals surface area (Å²) in [7, 11) is 0. The van der Waals surface area contributed by atoms with Gasteiger partial charge in [0.15, 0.2) is 17.2 Å². The molecule has 7 nitrogen and oxygen atoms in total. The molecule has 1 aliphatic rings. The van der Waals surface area contributed by atoms with Crippen LogP contribution >= 0.6 is 11.6 Å². The van der Waals surface area contributed by atoms with Crippen LogP contribution in [0.4, 0.5) is 0 Å².